The zero-order valence-corrected chi connectivity index (χ0v) is 4.49. The van der Waals surface area contributed by atoms with Crippen LogP contribution < -0.4 is 0 Å². The molecule has 0 aromatic heterocycles. The van der Waals surface area contributed by atoms with E-state index in [4.69, 9.17) is 0 Å². The molecule has 7 heteroatoms. The van der Waals surface area contributed by atoms with Crippen molar-refractivity contribution in [2.24, 2.45) is 0 Å². The Morgan fingerprint density at radius 1 is 0.857 bits per heavy atom. The zero-order chi connectivity index (χ0) is 5.71. The Hall–Kier alpha value is -0.140. The van der Waals surface area contributed by atoms with Gasteiger partial charge in [-0.1, -0.05) is 0 Å². The third kappa shape index (κ3) is 0.528. The number of rotatable bonds is 0. The predicted octanol–water partition coefficient (Wildman–Crippen LogP) is -1.41. The maximum atomic E-state index is 9.59. The van der Waals surface area contributed by atoms with Crippen molar-refractivity contribution >= 4 is 18.3 Å². The summed E-state index contributed by atoms with van der Waals surface area (Å²) in [6.45, 7) is 0. The van der Waals surface area contributed by atoms with E-state index >= 15 is 0 Å². The van der Waals surface area contributed by atoms with Gasteiger partial charge in [-0.2, -0.15) is 16.8 Å². The van der Waals surface area contributed by atoms with Gasteiger partial charge < -0.3 is 0 Å². The summed E-state index contributed by atoms with van der Waals surface area (Å²) in [5, 5.41) is 0. The second-order valence-electron chi connectivity index (χ2n) is 0.885. The highest BCUT2D eigenvalue weighted by Gasteiger charge is 2.54. The van der Waals surface area contributed by atoms with Crippen LogP contribution in [0.1, 0.15) is 0 Å². The summed E-state index contributed by atoms with van der Waals surface area (Å²) < 4.78 is 41.6. The van der Waals surface area contributed by atoms with Crippen molar-refractivity contribution < 1.29 is 20.5 Å². The molecule has 0 aliphatic carbocycles. The first-order valence-electron chi connectivity index (χ1n) is 1.17. The van der Waals surface area contributed by atoms with Crippen LogP contribution in [0.4, 0.5) is 0 Å². The second kappa shape index (κ2) is 0.837. The highest BCUT2D eigenvalue weighted by atomic mass is 33.2. The molecule has 5 nitrogen and oxygen atoms in total. The fourth-order valence-corrected chi connectivity index (χ4v) is 1.63. The summed E-state index contributed by atoms with van der Waals surface area (Å²) in [4.78, 5) is 0. The van der Waals surface area contributed by atoms with E-state index in [9.17, 15) is 16.8 Å². The molecule has 0 spiro atoms. The van der Waals surface area contributed by atoms with Gasteiger partial charge in [0, 0.05) is 0 Å². The molecule has 0 atom stereocenters. The average Bonchev–Trinajstić information content (AvgIpc) is 1.63. The highest BCUT2D eigenvalue weighted by molar-refractivity contribution is 8.75. The van der Waals surface area contributed by atoms with E-state index in [1.807, 2.05) is 0 Å². The molecule has 1 aliphatic rings. The minimum absolute atomic E-state index is 3.24. The van der Waals surface area contributed by atoms with Crippen molar-refractivity contribution in [1.82, 2.24) is 0 Å². The molecule has 0 aromatic carbocycles. The SMILES string of the molecule is O=S1(=O)OS1(=O)=O. The van der Waals surface area contributed by atoms with E-state index in [0.29, 0.717) is 0 Å². The van der Waals surface area contributed by atoms with Crippen LogP contribution in [-0.4, -0.2) is 16.8 Å². The maximum Gasteiger partial charge on any atom is 0.416 e. The molecule has 1 rings (SSSR count). The van der Waals surface area contributed by atoms with Crippen LogP contribution in [0.2, 0.25) is 0 Å². The van der Waals surface area contributed by atoms with Gasteiger partial charge >= 0.3 is 18.3 Å². The lowest BCUT2D eigenvalue weighted by Gasteiger charge is -1.40. The maximum absolute atomic E-state index is 9.59. The molecule has 1 aliphatic heterocycles. The number of hydrogen-bond acceptors (Lipinski definition) is 5. The van der Waals surface area contributed by atoms with Crippen LogP contribution in [-0.2, 0) is 21.9 Å². The number of hydrogen-bond donors (Lipinski definition) is 0. The fourth-order valence-electron chi connectivity index (χ4n) is 0.0907. The largest absolute Gasteiger partial charge is 0.416 e. The molecule has 0 aromatic rings. The van der Waals surface area contributed by atoms with Gasteiger partial charge in [0.05, 0.1) is 0 Å². The Balaban J connectivity index is 3.55. The first-order valence-corrected chi connectivity index (χ1v) is 4.50. The standard InChI is InChI=1S/O5S2/c1-6(2)5-7(6,3)4. The molecule has 0 bridgehead atoms. The van der Waals surface area contributed by atoms with Crippen LogP contribution in [0, 0.1) is 0 Å². The van der Waals surface area contributed by atoms with Crippen molar-refractivity contribution in [3.05, 3.63) is 0 Å². The third-order valence-corrected chi connectivity index (χ3v) is 3.61. The Labute approximate surface area is 39.6 Å². The average molecular weight is 144 g/mol. The lowest BCUT2D eigenvalue weighted by molar-refractivity contribution is 0.541. The Bertz CT molecular complexity index is 231. The monoisotopic (exact) mass is 144 g/mol. The summed E-state index contributed by atoms with van der Waals surface area (Å²) in [6.07, 6.45) is 0. The van der Waals surface area contributed by atoms with E-state index in [-0.39, 0.29) is 0 Å². The summed E-state index contributed by atoms with van der Waals surface area (Å²) in [5.41, 5.74) is 0. The van der Waals surface area contributed by atoms with Gasteiger partial charge in [-0.3, -0.25) is 0 Å². The molecule has 0 saturated carbocycles. The van der Waals surface area contributed by atoms with Gasteiger partial charge in [0.15, 0.2) is 0 Å². The lowest BCUT2D eigenvalue weighted by Crippen LogP contribution is -1.72. The summed E-state index contributed by atoms with van der Waals surface area (Å²) in [7, 11) is -8.25. The van der Waals surface area contributed by atoms with E-state index in [1.165, 1.54) is 0 Å². The van der Waals surface area contributed by atoms with Gasteiger partial charge in [-0.05, 0) is 0 Å². The first-order chi connectivity index (χ1) is 2.96. The first kappa shape index (κ1) is 5.01. The fraction of sp³-hybridized carbons (Fsp3) is 0. The van der Waals surface area contributed by atoms with Gasteiger partial charge in [-0.25, -0.2) is 0 Å². The summed E-state index contributed by atoms with van der Waals surface area (Å²) in [5.74, 6) is 0. The van der Waals surface area contributed by atoms with E-state index < -0.39 is 18.3 Å². The molecular formula is O5S2. The van der Waals surface area contributed by atoms with Crippen molar-refractivity contribution in [2.45, 2.75) is 0 Å². The third-order valence-electron chi connectivity index (χ3n) is 0.401. The van der Waals surface area contributed by atoms with E-state index in [2.05, 4.69) is 3.63 Å². The molecule has 1 saturated heterocycles. The van der Waals surface area contributed by atoms with Crippen LogP contribution in [0.5, 0.6) is 0 Å². The van der Waals surface area contributed by atoms with Crippen LogP contribution in [0.25, 0.3) is 0 Å². The van der Waals surface area contributed by atoms with E-state index in [1.54, 1.807) is 0 Å². The Kier molecular flexibility index (Phi) is 0.598. The minimum atomic E-state index is -4.12. The Morgan fingerprint density at radius 3 is 1.00 bits per heavy atom. The van der Waals surface area contributed by atoms with Gasteiger partial charge in [0.1, 0.15) is 0 Å². The van der Waals surface area contributed by atoms with Crippen molar-refractivity contribution in [3.63, 3.8) is 0 Å². The van der Waals surface area contributed by atoms with Gasteiger partial charge in [-0.15, -0.1) is 3.63 Å². The molecule has 0 amide bonds. The van der Waals surface area contributed by atoms with Crippen LogP contribution in [0.3, 0.4) is 0 Å². The smallest absolute Gasteiger partial charge is 0.179 e. The van der Waals surface area contributed by atoms with Gasteiger partial charge in [0.25, 0.3) is 0 Å². The molecule has 0 unspecified atom stereocenters. The van der Waals surface area contributed by atoms with Gasteiger partial charge in [0.2, 0.25) is 0 Å². The van der Waals surface area contributed by atoms with E-state index in [0.717, 1.165) is 0 Å². The summed E-state index contributed by atoms with van der Waals surface area (Å²) in [6, 6.07) is 0. The highest BCUT2D eigenvalue weighted by Crippen LogP contribution is 2.25. The Morgan fingerprint density at radius 2 is 1.00 bits per heavy atom. The molecule has 42 valence electrons. The molecule has 0 N–H and O–H groups in total. The van der Waals surface area contributed by atoms with Crippen molar-refractivity contribution in [3.8, 4) is 0 Å². The minimum Gasteiger partial charge on any atom is -0.179 e. The van der Waals surface area contributed by atoms with Crippen molar-refractivity contribution in [2.75, 3.05) is 0 Å². The molecule has 7 heavy (non-hydrogen) atoms. The molecule has 1 fully saturated rings. The lowest BCUT2D eigenvalue weighted by atomic mass is 15.8. The second-order valence-corrected chi connectivity index (χ2v) is 5.51. The molecular weight excluding hydrogens is 144 g/mol. The zero-order valence-electron chi connectivity index (χ0n) is 2.86. The molecule has 1 heterocycles. The van der Waals surface area contributed by atoms with Crippen molar-refractivity contribution in [1.29, 1.82) is 0 Å². The molecule has 0 radical (unpaired) electrons. The normalized spacial score (nSPS) is 32.0. The summed E-state index contributed by atoms with van der Waals surface area (Å²) >= 11 is 0. The quantitative estimate of drug-likeness (QED) is 0.308. The van der Waals surface area contributed by atoms with Crippen LogP contribution >= 0.6 is 0 Å². The topological polar surface area (TPSA) is 80.8 Å². The predicted molar refractivity (Wildman–Crippen MR) is 18.9 cm³/mol. The van der Waals surface area contributed by atoms with Crippen LogP contribution in [0.15, 0.2) is 0 Å².